The molecule has 0 bridgehead atoms. The lowest BCUT2D eigenvalue weighted by Crippen LogP contribution is -2.41. The van der Waals surface area contributed by atoms with Gasteiger partial charge >= 0.3 is 0 Å². The molecule has 0 spiro atoms. The Morgan fingerprint density at radius 1 is 1.42 bits per heavy atom. The second-order valence-electron chi connectivity index (χ2n) is 6.24. The minimum Gasteiger partial charge on any atom is -0.393 e. The molecule has 0 saturated heterocycles. The summed E-state index contributed by atoms with van der Waals surface area (Å²) < 4.78 is 1.19. The van der Waals surface area contributed by atoms with Gasteiger partial charge in [-0.3, -0.25) is 0 Å². The van der Waals surface area contributed by atoms with E-state index in [1.165, 1.54) is 15.8 Å². The zero-order chi connectivity index (χ0) is 14.0. The molecule has 0 aliphatic heterocycles. The van der Waals surface area contributed by atoms with E-state index in [1.54, 1.807) is 11.3 Å². The first-order valence-electron chi connectivity index (χ1n) is 7.05. The van der Waals surface area contributed by atoms with Crippen molar-refractivity contribution in [3.8, 4) is 0 Å². The molecule has 0 aromatic carbocycles. The molecular formula is C15H24BrNOS. The van der Waals surface area contributed by atoms with E-state index in [4.69, 9.17) is 0 Å². The maximum Gasteiger partial charge on any atom is 0.0701 e. The summed E-state index contributed by atoms with van der Waals surface area (Å²) in [6.45, 7) is 6.50. The number of hydrogen-bond donors (Lipinski definition) is 1. The van der Waals surface area contributed by atoms with E-state index in [2.05, 4.69) is 53.2 Å². The molecule has 2 nitrogen and oxygen atoms in total. The first-order valence-corrected chi connectivity index (χ1v) is 8.72. The van der Waals surface area contributed by atoms with Crippen LogP contribution in [0.3, 0.4) is 0 Å². The van der Waals surface area contributed by atoms with Crippen LogP contribution >= 0.6 is 27.3 Å². The molecule has 1 saturated carbocycles. The Kier molecular flexibility index (Phi) is 5.46. The first kappa shape index (κ1) is 15.5. The number of rotatable bonds is 4. The van der Waals surface area contributed by atoms with E-state index in [-0.39, 0.29) is 6.10 Å². The highest BCUT2D eigenvalue weighted by Gasteiger charge is 2.33. The summed E-state index contributed by atoms with van der Waals surface area (Å²) in [6, 6.07) is 2.18. The van der Waals surface area contributed by atoms with Gasteiger partial charge in [0.2, 0.25) is 0 Å². The van der Waals surface area contributed by atoms with Crippen molar-refractivity contribution in [2.75, 3.05) is 13.6 Å². The summed E-state index contributed by atoms with van der Waals surface area (Å²) in [5.41, 5.74) is 1.35. The van der Waals surface area contributed by atoms with Gasteiger partial charge in [-0.1, -0.05) is 13.8 Å². The summed E-state index contributed by atoms with van der Waals surface area (Å²) >= 11 is 5.24. The lowest BCUT2D eigenvalue weighted by Gasteiger charge is -2.38. The smallest absolute Gasteiger partial charge is 0.0701 e. The van der Waals surface area contributed by atoms with Crippen molar-refractivity contribution < 1.29 is 5.11 Å². The van der Waals surface area contributed by atoms with Gasteiger partial charge in [-0.05, 0) is 64.7 Å². The van der Waals surface area contributed by atoms with Crippen LogP contribution < -0.4 is 0 Å². The minimum absolute atomic E-state index is 0.129. The fourth-order valence-electron chi connectivity index (χ4n) is 3.34. The summed E-state index contributed by atoms with van der Waals surface area (Å²) in [7, 11) is 2.16. The average molecular weight is 346 g/mol. The van der Waals surface area contributed by atoms with Gasteiger partial charge in [0.25, 0.3) is 0 Å². The van der Waals surface area contributed by atoms with E-state index < -0.39 is 0 Å². The van der Waals surface area contributed by atoms with Crippen LogP contribution in [0.1, 0.15) is 32.3 Å². The van der Waals surface area contributed by atoms with Crippen molar-refractivity contribution >= 4 is 27.3 Å². The minimum atomic E-state index is -0.129. The zero-order valence-corrected chi connectivity index (χ0v) is 14.4. The van der Waals surface area contributed by atoms with E-state index in [0.29, 0.717) is 17.8 Å². The van der Waals surface area contributed by atoms with Crippen molar-refractivity contribution in [3.05, 3.63) is 20.8 Å². The second kappa shape index (κ2) is 6.70. The van der Waals surface area contributed by atoms with Gasteiger partial charge in [-0.15, -0.1) is 11.3 Å². The number of hydrogen-bond acceptors (Lipinski definition) is 3. The molecule has 2 rings (SSSR count). The predicted octanol–water partition coefficient (Wildman–Crippen LogP) is 3.99. The summed E-state index contributed by atoms with van der Waals surface area (Å²) in [5, 5.41) is 12.5. The Labute approximate surface area is 129 Å². The quantitative estimate of drug-likeness (QED) is 0.891. The Morgan fingerprint density at radius 2 is 2.16 bits per heavy atom. The van der Waals surface area contributed by atoms with Crippen LogP contribution in [0.25, 0.3) is 0 Å². The third-order valence-corrected chi connectivity index (χ3v) is 5.79. The van der Waals surface area contributed by atoms with Crippen molar-refractivity contribution in [3.63, 3.8) is 0 Å². The lowest BCUT2D eigenvalue weighted by molar-refractivity contribution is 0.000608. The number of nitrogens with zero attached hydrogens (tertiary/aromatic N) is 1. The third kappa shape index (κ3) is 4.28. The molecule has 4 heteroatoms. The molecule has 1 heterocycles. The molecule has 1 fully saturated rings. The standard InChI is InChI=1S/C15H24BrNOS/c1-10-4-11(2)13(14(18)5-10)8-17(3)7-12-6-15(16)19-9-12/h6,9-11,13-14,18H,4-5,7-8H2,1-3H3. The van der Waals surface area contributed by atoms with Crippen LogP contribution in [0.5, 0.6) is 0 Å². The van der Waals surface area contributed by atoms with Crippen LogP contribution in [-0.2, 0) is 6.54 Å². The maximum atomic E-state index is 10.3. The maximum absolute atomic E-state index is 10.3. The van der Waals surface area contributed by atoms with Crippen LogP contribution in [0, 0.1) is 17.8 Å². The van der Waals surface area contributed by atoms with E-state index in [9.17, 15) is 5.11 Å². The molecule has 4 atom stereocenters. The predicted molar refractivity (Wildman–Crippen MR) is 85.4 cm³/mol. The fourth-order valence-corrected chi connectivity index (χ4v) is 4.54. The van der Waals surface area contributed by atoms with Crippen LogP contribution in [0.15, 0.2) is 15.2 Å². The largest absolute Gasteiger partial charge is 0.393 e. The topological polar surface area (TPSA) is 23.5 Å². The third-order valence-electron chi connectivity index (χ3n) is 4.24. The van der Waals surface area contributed by atoms with E-state index >= 15 is 0 Å². The highest BCUT2D eigenvalue weighted by atomic mass is 79.9. The molecule has 108 valence electrons. The first-order chi connectivity index (χ1) is 8.95. The molecule has 0 amide bonds. The van der Waals surface area contributed by atoms with Crippen LogP contribution in [0.4, 0.5) is 0 Å². The van der Waals surface area contributed by atoms with Crippen LogP contribution in [0.2, 0.25) is 0 Å². The molecule has 4 unspecified atom stereocenters. The zero-order valence-electron chi connectivity index (χ0n) is 12.0. The Bertz CT molecular complexity index is 397. The number of thiophene rings is 1. The monoisotopic (exact) mass is 345 g/mol. The normalized spacial score (nSPS) is 31.9. The molecule has 1 aliphatic rings. The van der Waals surface area contributed by atoms with Gasteiger partial charge in [0, 0.05) is 19.0 Å². The van der Waals surface area contributed by atoms with Gasteiger partial charge in [0.1, 0.15) is 0 Å². The number of halogens is 1. The second-order valence-corrected chi connectivity index (χ2v) is 8.53. The van der Waals surface area contributed by atoms with E-state index in [0.717, 1.165) is 19.5 Å². The molecule has 19 heavy (non-hydrogen) atoms. The molecule has 1 aromatic heterocycles. The Balaban J connectivity index is 1.89. The summed E-state index contributed by atoms with van der Waals surface area (Å²) in [6.07, 6.45) is 2.09. The van der Waals surface area contributed by atoms with Crippen molar-refractivity contribution in [2.45, 2.75) is 39.3 Å². The Morgan fingerprint density at radius 3 is 2.74 bits per heavy atom. The van der Waals surface area contributed by atoms with Gasteiger partial charge in [0.05, 0.1) is 9.89 Å². The number of aliphatic hydroxyl groups excluding tert-OH is 1. The SMILES string of the molecule is CC1CC(C)C(CN(C)Cc2csc(Br)c2)C(O)C1. The van der Waals surface area contributed by atoms with Crippen molar-refractivity contribution in [1.82, 2.24) is 4.90 Å². The fraction of sp³-hybridized carbons (Fsp3) is 0.733. The van der Waals surface area contributed by atoms with Crippen molar-refractivity contribution in [2.24, 2.45) is 17.8 Å². The highest BCUT2D eigenvalue weighted by Crippen LogP contribution is 2.34. The molecule has 1 aromatic rings. The van der Waals surface area contributed by atoms with Gasteiger partial charge in [-0.2, -0.15) is 0 Å². The summed E-state index contributed by atoms with van der Waals surface area (Å²) in [4.78, 5) is 2.34. The Hall–Kier alpha value is 0.1000. The van der Waals surface area contributed by atoms with Crippen molar-refractivity contribution in [1.29, 1.82) is 0 Å². The highest BCUT2D eigenvalue weighted by molar-refractivity contribution is 9.11. The average Bonchev–Trinajstić information content (AvgIpc) is 2.69. The molecule has 1 N–H and O–H groups in total. The lowest BCUT2D eigenvalue weighted by atomic mass is 9.73. The summed E-state index contributed by atoms with van der Waals surface area (Å²) in [5.74, 6) is 1.71. The van der Waals surface area contributed by atoms with Crippen LogP contribution in [-0.4, -0.2) is 29.7 Å². The molecule has 0 radical (unpaired) electrons. The van der Waals surface area contributed by atoms with E-state index in [1.807, 2.05) is 0 Å². The van der Waals surface area contributed by atoms with Gasteiger partial charge < -0.3 is 10.0 Å². The molecule has 1 aliphatic carbocycles. The van der Waals surface area contributed by atoms with Gasteiger partial charge in [0.15, 0.2) is 0 Å². The number of aliphatic hydroxyl groups is 1. The van der Waals surface area contributed by atoms with Gasteiger partial charge in [-0.25, -0.2) is 0 Å². The molecular weight excluding hydrogens is 322 g/mol.